The van der Waals surface area contributed by atoms with Crippen LogP contribution in [0.15, 0.2) is 36.4 Å². The lowest BCUT2D eigenvalue weighted by Gasteiger charge is -2.06. The highest BCUT2D eigenvalue weighted by atomic mass is 32.1. The average Bonchev–Trinajstić information content (AvgIpc) is 2.70. The van der Waals surface area contributed by atoms with E-state index in [4.69, 9.17) is 4.74 Å². The average molecular weight is 261 g/mol. The minimum Gasteiger partial charge on any atom is -0.492 e. The first-order valence-electron chi connectivity index (χ1n) is 6.20. The molecule has 0 saturated carbocycles. The Morgan fingerprint density at radius 2 is 1.94 bits per heavy atom. The van der Waals surface area contributed by atoms with Crippen LogP contribution in [0.1, 0.15) is 15.3 Å². The molecule has 1 heterocycles. The molecule has 0 atom stereocenters. The molecule has 2 rings (SSSR count). The zero-order valence-corrected chi connectivity index (χ0v) is 11.7. The third-order valence-corrected chi connectivity index (χ3v) is 3.96. The van der Waals surface area contributed by atoms with Crippen LogP contribution in [0.25, 0.3) is 0 Å². The van der Waals surface area contributed by atoms with Gasteiger partial charge in [0.2, 0.25) is 0 Å². The molecule has 18 heavy (non-hydrogen) atoms. The van der Waals surface area contributed by atoms with Crippen LogP contribution < -0.4 is 10.1 Å². The predicted octanol–water partition coefficient (Wildman–Crippen LogP) is 3.53. The summed E-state index contributed by atoms with van der Waals surface area (Å²) < 4.78 is 5.61. The second-order valence-electron chi connectivity index (χ2n) is 4.29. The lowest BCUT2D eigenvalue weighted by atomic mass is 10.3. The van der Waals surface area contributed by atoms with Crippen LogP contribution >= 0.6 is 11.3 Å². The van der Waals surface area contributed by atoms with Crippen molar-refractivity contribution in [3.05, 3.63) is 51.7 Å². The van der Waals surface area contributed by atoms with Crippen LogP contribution in [-0.4, -0.2) is 13.2 Å². The molecule has 0 saturated heterocycles. The summed E-state index contributed by atoms with van der Waals surface area (Å²) in [5.74, 6) is 0.933. The summed E-state index contributed by atoms with van der Waals surface area (Å²) in [6.45, 7) is 6.83. The third kappa shape index (κ3) is 3.86. The van der Waals surface area contributed by atoms with Gasteiger partial charge in [0.1, 0.15) is 12.4 Å². The monoisotopic (exact) mass is 261 g/mol. The largest absolute Gasteiger partial charge is 0.492 e. The highest BCUT2D eigenvalue weighted by molar-refractivity contribution is 7.12. The summed E-state index contributed by atoms with van der Waals surface area (Å²) in [7, 11) is 0. The third-order valence-electron chi connectivity index (χ3n) is 2.81. The Bertz CT molecular complexity index is 459. The van der Waals surface area contributed by atoms with Gasteiger partial charge in [-0.15, -0.1) is 11.3 Å². The van der Waals surface area contributed by atoms with Crippen LogP contribution in [0.5, 0.6) is 5.75 Å². The Hall–Kier alpha value is -1.32. The molecular weight excluding hydrogens is 242 g/mol. The van der Waals surface area contributed by atoms with Gasteiger partial charge in [-0.3, -0.25) is 0 Å². The first-order chi connectivity index (χ1) is 8.75. The van der Waals surface area contributed by atoms with Crippen molar-refractivity contribution in [3.63, 3.8) is 0 Å². The summed E-state index contributed by atoms with van der Waals surface area (Å²) in [6, 6.07) is 12.2. The summed E-state index contributed by atoms with van der Waals surface area (Å²) in [6.07, 6.45) is 0. The Morgan fingerprint density at radius 1 is 1.17 bits per heavy atom. The maximum atomic E-state index is 5.61. The Morgan fingerprint density at radius 3 is 2.61 bits per heavy atom. The molecule has 0 aliphatic carbocycles. The Balaban J connectivity index is 1.64. The number of ether oxygens (including phenoxy) is 1. The molecule has 3 heteroatoms. The van der Waals surface area contributed by atoms with E-state index in [-0.39, 0.29) is 0 Å². The van der Waals surface area contributed by atoms with E-state index in [2.05, 4.69) is 25.2 Å². The highest BCUT2D eigenvalue weighted by Gasteiger charge is 2.00. The summed E-state index contributed by atoms with van der Waals surface area (Å²) in [5.41, 5.74) is 1.39. The molecule has 1 aromatic carbocycles. The van der Waals surface area contributed by atoms with Gasteiger partial charge >= 0.3 is 0 Å². The van der Waals surface area contributed by atoms with Gasteiger partial charge in [-0.1, -0.05) is 18.2 Å². The fourth-order valence-electron chi connectivity index (χ4n) is 1.71. The van der Waals surface area contributed by atoms with Crippen molar-refractivity contribution < 1.29 is 4.74 Å². The van der Waals surface area contributed by atoms with Gasteiger partial charge < -0.3 is 10.1 Å². The van der Waals surface area contributed by atoms with Gasteiger partial charge in [-0.05, 0) is 37.6 Å². The fourth-order valence-corrected chi connectivity index (χ4v) is 2.73. The number of benzene rings is 1. The number of aryl methyl sites for hydroxylation is 2. The molecule has 0 radical (unpaired) electrons. The molecular formula is C15H19NOS. The van der Waals surface area contributed by atoms with Crippen molar-refractivity contribution in [2.45, 2.75) is 20.4 Å². The minimum atomic E-state index is 0.702. The number of hydrogen-bond acceptors (Lipinski definition) is 3. The second-order valence-corrected chi connectivity index (χ2v) is 5.63. The van der Waals surface area contributed by atoms with E-state index in [0.717, 1.165) is 18.8 Å². The van der Waals surface area contributed by atoms with Gasteiger partial charge in [0.25, 0.3) is 0 Å². The van der Waals surface area contributed by atoms with Crippen LogP contribution in [0, 0.1) is 13.8 Å². The number of hydrogen-bond donors (Lipinski definition) is 1. The summed E-state index contributed by atoms with van der Waals surface area (Å²) in [4.78, 5) is 2.80. The molecule has 0 fully saturated rings. The number of thiophene rings is 1. The Kier molecular flexibility index (Phi) is 4.79. The van der Waals surface area contributed by atoms with Crippen molar-refractivity contribution >= 4 is 11.3 Å². The molecule has 0 aliphatic heterocycles. The van der Waals surface area contributed by atoms with Gasteiger partial charge in [0.05, 0.1) is 0 Å². The lowest BCUT2D eigenvalue weighted by molar-refractivity contribution is 0.314. The van der Waals surface area contributed by atoms with Gasteiger partial charge in [0.15, 0.2) is 0 Å². The predicted molar refractivity (Wildman–Crippen MR) is 77.4 cm³/mol. The number of rotatable bonds is 6. The van der Waals surface area contributed by atoms with Crippen LogP contribution in [-0.2, 0) is 6.54 Å². The van der Waals surface area contributed by atoms with Crippen molar-refractivity contribution in [1.82, 2.24) is 5.32 Å². The van der Waals surface area contributed by atoms with Crippen LogP contribution in [0.2, 0.25) is 0 Å². The van der Waals surface area contributed by atoms with Crippen LogP contribution in [0.3, 0.4) is 0 Å². The van der Waals surface area contributed by atoms with E-state index in [0.29, 0.717) is 6.61 Å². The fraction of sp³-hybridized carbons (Fsp3) is 0.333. The van der Waals surface area contributed by atoms with Gasteiger partial charge in [-0.2, -0.15) is 0 Å². The normalized spacial score (nSPS) is 10.6. The van der Waals surface area contributed by atoms with E-state index in [9.17, 15) is 0 Å². The SMILES string of the molecule is Cc1cc(CNCCOc2ccccc2)sc1C. The van der Waals surface area contributed by atoms with Crippen molar-refractivity contribution in [2.24, 2.45) is 0 Å². The molecule has 2 nitrogen and oxygen atoms in total. The van der Waals surface area contributed by atoms with E-state index in [1.807, 2.05) is 41.7 Å². The quantitative estimate of drug-likeness (QED) is 0.803. The minimum absolute atomic E-state index is 0.702. The van der Waals surface area contributed by atoms with Crippen molar-refractivity contribution in [2.75, 3.05) is 13.2 Å². The Labute approximate surface area is 113 Å². The summed E-state index contributed by atoms with van der Waals surface area (Å²) in [5, 5.41) is 3.40. The van der Waals surface area contributed by atoms with E-state index < -0.39 is 0 Å². The van der Waals surface area contributed by atoms with E-state index in [1.165, 1.54) is 15.3 Å². The van der Waals surface area contributed by atoms with Crippen molar-refractivity contribution in [1.29, 1.82) is 0 Å². The lowest BCUT2D eigenvalue weighted by Crippen LogP contribution is -2.20. The maximum Gasteiger partial charge on any atom is 0.119 e. The second kappa shape index (κ2) is 6.57. The highest BCUT2D eigenvalue weighted by Crippen LogP contribution is 2.20. The molecule has 1 aromatic heterocycles. The topological polar surface area (TPSA) is 21.3 Å². The molecule has 96 valence electrons. The first-order valence-corrected chi connectivity index (χ1v) is 7.02. The molecule has 0 amide bonds. The van der Waals surface area contributed by atoms with E-state index >= 15 is 0 Å². The molecule has 1 N–H and O–H groups in total. The smallest absolute Gasteiger partial charge is 0.119 e. The van der Waals surface area contributed by atoms with Gasteiger partial charge in [0, 0.05) is 22.8 Å². The molecule has 2 aromatic rings. The molecule has 0 aliphatic rings. The summed E-state index contributed by atoms with van der Waals surface area (Å²) >= 11 is 1.87. The zero-order chi connectivity index (χ0) is 12.8. The van der Waals surface area contributed by atoms with Crippen molar-refractivity contribution in [3.8, 4) is 5.75 Å². The molecule has 0 bridgehead atoms. The molecule has 0 unspecified atom stereocenters. The van der Waals surface area contributed by atoms with Crippen LogP contribution in [0.4, 0.5) is 0 Å². The molecule has 0 spiro atoms. The van der Waals surface area contributed by atoms with E-state index in [1.54, 1.807) is 0 Å². The zero-order valence-electron chi connectivity index (χ0n) is 10.9. The van der Waals surface area contributed by atoms with Gasteiger partial charge in [-0.25, -0.2) is 0 Å². The number of para-hydroxylation sites is 1. The standard InChI is InChI=1S/C15H19NOS/c1-12-10-15(18-13(12)2)11-16-8-9-17-14-6-4-3-5-7-14/h3-7,10,16H,8-9,11H2,1-2H3. The first kappa shape index (κ1) is 13.1. The maximum absolute atomic E-state index is 5.61. The number of nitrogens with one attached hydrogen (secondary N) is 1.